The van der Waals surface area contributed by atoms with E-state index in [-0.39, 0.29) is 0 Å². The van der Waals surface area contributed by atoms with Gasteiger partial charge in [-0.2, -0.15) is 0 Å². The maximum Gasteiger partial charge on any atom is 0.420 e. The molecule has 0 atom stereocenters. The number of aromatic amines is 1. The summed E-state index contributed by atoms with van der Waals surface area (Å²) in [6, 6.07) is 3.47. The van der Waals surface area contributed by atoms with Crippen LogP contribution in [0, 0.1) is 0 Å². The highest BCUT2D eigenvalue weighted by atomic mass is 16.4. The van der Waals surface area contributed by atoms with Gasteiger partial charge in [0.1, 0.15) is 11.0 Å². The molecule has 2 aromatic heterocycles. The van der Waals surface area contributed by atoms with E-state index in [2.05, 4.69) is 28.2 Å². The molecule has 0 radical (unpaired) electrons. The quantitative estimate of drug-likeness (QED) is 0.878. The van der Waals surface area contributed by atoms with Gasteiger partial charge in [-0.3, -0.25) is 4.98 Å². The summed E-state index contributed by atoms with van der Waals surface area (Å²) in [6.45, 7) is 4.17. The maximum atomic E-state index is 11.4. The van der Waals surface area contributed by atoms with Crippen LogP contribution in [0.2, 0.25) is 0 Å². The zero-order chi connectivity index (χ0) is 12.4. The fraction of sp³-hybridized carbons (Fsp3) is 0.417. The van der Waals surface area contributed by atoms with Gasteiger partial charge >= 0.3 is 11.4 Å². The molecule has 5 nitrogen and oxygen atoms in total. The van der Waals surface area contributed by atoms with Crippen molar-refractivity contribution in [3.8, 4) is 0 Å². The molecule has 2 aromatic rings. The average molecular weight is 234 g/mol. The molecule has 2 heterocycles. The predicted octanol–water partition coefficient (Wildman–Crippen LogP) is 1.78. The molecule has 17 heavy (non-hydrogen) atoms. The number of nitrogens with zero attached hydrogens (tertiary/aromatic N) is 1. The molecule has 0 aliphatic heterocycles. The van der Waals surface area contributed by atoms with Crippen molar-refractivity contribution < 1.29 is 4.42 Å². The molecular weight excluding hydrogens is 220 g/mol. The summed E-state index contributed by atoms with van der Waals surface area (Å²) < 4.78 is 4.44. The molecule has 0 aliphatic carbocycles. The first-order valence-corrected chi connectivity index (χ1v) is 5.69. The van der Waals surface area contributed by atoms with Crippen molar-refractivity contribution in [1.82, 2.24) is 9.97 Å². The highest BCUT2D eigenvalue weighted by Gasteiger charge is 2.11. The number of hydrogen-bond donors (Lipinski definition) is 1. The van der Waals surface area contributed by atoms with Crippen molar-refractivity contribution in [2.75, 3.05) is 0 Å². The van der Waals surface area contributed by atoms with E-state index in [9.17, 15) is 9.59 Å². The van der Waals surface area contributed by atoms with Gasteiger partial charge in [-0.05, 0) is 25.0 Å². The zero-order valence-corrected chi connectivity index (χ0v) is 9.82. The van der Waals surface area contributed by atoms with Crippen LogP contribution < -0.4 is 11.4 Å². The summed E-state index contributed by atoms with van der Waals surface area (Å²) in [5.74, 6) is -0.424. The Morgan fingerprint density at radius 3 is 2.65 bits per heavy atom. The highest BCUT2D eigenvalue weighted by molar-refractivity contribution is 5.72. The third kappa shape index (κ3) is 2.13. The molecule has 2 rings (SSSR count). The Morgan fingerprint density at radius 1 is 1.29 bits per heavy atom. The SMILES string of the molecule is CCC(CC)c1ccc2c(=O)oc(=O)[nH]c2n1. The van der Waals surface area contributed by atoms with Crippen LogP contribution in [0.4, 0.5) is 0 Å². The fourth-order valence-corrected chi connectivity index (χ4v) is 1.93. The lowest BCUT2D eigenvalue weighted by Gasteiger charge is -2.11. The van der Waals surface area contributed by atoms with Crippen molar-refractivity contribution in [2.45, 2.75) is 32.6 Å². The Balaban J connectivity index is 2.65. The van der Waals surface area contributed by atoms with E-state index in [1.165, 1.54) is 0 Å². The van der Waals surface area contributed by atoms with E-state index in [0.717, 1.165) is 18.5 Å². The third-order valence-electron chi connectivity index (χ3n) is 2.95. The van der Waals surface area contributed by atoms with E-state index in [1.807, 2.05) is 6.07 Å². The minimum atomic E-state index is -0.767. The summed E-state index contributed by atoms with van der Waals surface area (Å²) in [5.41, 5.74) is 0.548. The molecule has 0 saturated heterocycles. The van der Waals surface area contributed by atoms with E-state index in [4.69, 9.17) is 0 Å². The van der Waals surface area contributed by atoms with Gasteiger partial charge in [0.25, 0.3) is 0 Å². The van der Waals surface area contributed by atoms with Crippen LogP contribution in [0.1, 0.15) is 38.3 Å². The average Bonchev–Trinajstić information content (AvgIpc) is 2.30. The first-order chi connectivity index (χ1) is 8.15. The van der Waals surface area contributed by atoms with Gasteiger partial charge in [-0.15, -0.1) is 0 Å². The number of pyridine rings is 1. The molecule has 0 spiro atoms. The molecule has 0 amide bonds. The molecule has 90 valence electrons. The molecule has 0 bridgehead atoms. The second-order valence-corrected chi connectivity index (χ2v) is 3.95. The number of hydrogen-bond acceptors (Lipinski definition) is 4. The fourth-order valence-electron chi connectivity index (χ4n) is 1.93. The first kappa shape index (κ1) is 11.6. The van der Waals surface area contributed by atoms with Gasteiger partial charge in [-0.1, -0.05) is 13.8 Å². The number of H-pyrrole nitrogens is 1. The first-order valence-electron chi connectivity index (χ1n) is 5.69. The molecule has 0 aromatic carbocycles. The molecule has 0 unspecified atom stereocenters. The van der Waals surface area contributed by atoms with E-state index >= 15 is 0 Å². The summed E-state index contributed by atoms with van der Waals surface area (Å²) in [7, 11) is 0. The predicted molar refractivity (Wildman–Crippen MR) is 64.2 cm³/mol. The molecule has 0 fully saturated rings. The Bertz CT molecular complexity index is 638. The van der Waals surface area contributed by atoms with Crippen molar-refractivity contribution in [2.24, 2.45) is 0 Å². The van der Waals surface area contributed by atoms with Gasteiger partial charge in [0, 0.05) is 11.6 Å². The van der Waals surface area contributed by atoms with E-state index in [0.29, 0.717) is 17.0 Å². The second-order valence-electron chi connectivity index (χ2n) is 3.95. The Labute approximate surface area is 97.5 Å². The van der Waals surface area contributed by atoms with Gasteiger partial charge in [-0.25, -0.2) is 14.6 Å². The molecule has 0 saturated carbocycles. The van der Waals surface area contributed by atoms with Gasteiger partial charge in [0.05, 0.1) is 0 Å². The van der Waals surface area contributed by atoms with Crippen LogP contribution >= 0.6 is 0 Å². The number of fused-ring (bicyclic) bond motifs is 1. The Kier molecular flexibility index (Phi) is 3.08. The lowest BCUT2D eigenvalue weighted by molar-refractivity contribution is 0.459. The smallest absolute Gasteiger partial charge is 0.372 e. The van der Waals surface area contributed by atoms with Gasteiger partial charge < -0.3 is 4.42 Å². The van der Waals surface area contributed by atoms with Gasteiger partial charge in [0.15, 0.2) is 0 Å². The lowest BCUT2D eigenvalue weighted by Crippen LogP contribution is -2.16. The summed E-state index contributed by atoms with van der Waals surface area (Å²) in [4.78, 5) is 29.2. The molecule has 1 N–H and O–H groups in total. The highest BCUT2D eigenvalue weighted by Crippen LogP contribution is 2.21. The monoisotopic (exact) mass is 234 g/mol. The minimum absolute atomic E-state index is 0.302. The normalized spacial score (nSPS) is 11.2. The molecule has 0 aliphatic rings. The van der Waals surface area contributed by atoms with Crippen LogP contribution in [-0.2, 0) is 0 Å². The second kappa shape index (κ2) is 4.53. The lowest BCUT2D eigenvalue weighted by atomic mass is 9.99. The number of nitrogens with one attached hydrogen (secondary N) is 1. The summed E-state index contributed by atoms with van der Waals surface area (Å²) in [5, 5.41) is 0.305. The minimum Gasteiger partial charge on any atom is -0.372 e. The van der Waals surface area contributed by atoms with Gasteiger partial charge in [0.2, 0.25) is 0 Å². The summed E-state index contributed by atoms with van der Waals surface area (Å²) in [6.07, 6.45) is 1.95. The van der Waals surface area contributed by atoms with Crippen LogP contribution in [-0.4, -0.2) is 9.97 Å². The maximum absolute atomic E-state index is 11.4. The number of rotatable bonds is 3. The Hall–Kier alpha value is -1.91. The molecular formula is C12H14N2O3. The largest absolute Gasteiger partial charge is 0.420 e. The topological polar surface area (TPSA) is 76.0 Å². The number of aromatic nitrogens is 2. The van der Waals surface area contributed by atoms with Crippen LogP contribution in [0.25, 0.3) is 11.0 Å². The Morgan fingerprint density at radius 2 is 2.00 bits per heavy atom. The van der Waals surface area contributed by atoms with Crippen LogP contribution in [0.15, 0.2) is 26.1 Å². The van der Waals surface area contributed by atoms with Crippen molar-refractivity contribution >= 4 is 11.0 Å². The van der Waals surface area contributed by atoms with E-state index in [1.54, 1.807) is 6.07 Å². The standard InChI is InChI=1S/C12H14N2O3/c1-3-7(4-2)9-6-5-8-10(13-9)14-12(16)17-11(8)15/h5-7H,3-4H2,1-2H3,(H,13,14,16). The zero-order valence-electron chi connectivity index (χ0n) is 9.82. The summed E-state index contributed by atoms with van der Waals surface area (Å²) >= 11 is 0. The van der Waals surface area contributed by atoms with Crippen molar-refractivity contribution in [3.05, 3.63) is 38.8 Å². The van der Waals surface area contributed by atoms with Crippen molar-refractivity contribution in [1.29, 1.82) is 0 Å². The van der Waals surface area contributed by atoms with Crippen LogP contribution in [0.5, 0.6) is 0 Å². The van der Waals surface area contributed by atoms with Crippen molar-refractivity contribution in [3.63, 3.8) is 0 Å². The van der Waals surface area contributed by atoms with Crippen LogP contribution in [0.3, 0.4) is 0 Å². The van der Waals surface area contributed by atoms with E-state index < -0.39 is 11.4 Å². The third-order valence-corrected chi connectivity index (χ3v) is 2.95. The molecule has 5 heteroatoms.